The molecule has 2 N–H and O–H groups in total. The van der Waals surface area contributed by atoms with Crippen LogP contribution in [-0.4, -0.2) is 35.8 Å². The zero-order valence-electron chi connectivity index (χ0n) is 12.6. The van der Waals surface area contributed by atoms with Crippen molar-refractivity contribution in [1.29, 1.82) is 0 Å². The van der Waals surface area contributed by atoms with Crippen LogP contribution in [0.25, 0.3) is 0 Å². The molecule has 1 aromatic rings. The lowest BCUT2D eigenvalue weighted by Gasteiger charge is -2.31. The number of non-ortho nitro benzene ring substituents is 1. The van der Waals surface area contributed by atoms with Gasteiger partial charge in [0.2, 0.25) is 0 Å². The number of nitro benzene ring substituents is 1. The Bertz CT molecular complexity index is 619. The van der Waals surface area contributed by atoms with Crippen LogP contribution in [0.15, 0.2) is 18.2 Å². The average Bonchev–Trinajstić information content (AvgIpc) is 3.05. The molecule has 2 atom stereocenters. The summed E-state index contributed by atoms with van der Waals surface area (Å²) >= 11 is 1.50. The maximum absolute atomic E-state index is 11.1. The summed E-state index contributed by atoms with van der Waals surface area (Å²) in [6.07, 6.45) is 3.43. The Morgan fingerprint density at radius 2 is 2.04 bits per heavy atom. The topological polar surface area (TPSA) is 103 Å². The van der Waals surface area contributed by atoms with Gasteiger partial charge in [0, 0.05) is 30.9 Å². The van der Waals surface area contributed by atoms with E-state index in [0.717, 1.165) is 37.2 Å². The first kappa shape index (κ1) is 16.1. The second-order valence-electron chi connectivity index (χ2n) is 5.92. The summed E-state index contributed by atoms with van der Waals surface area (Å²) in [6, 6.07) is 4.33. The quantitative estimate of drug-likeness (QED) is 0.613. The first-order chi connectivity index (χ1) is 11.1. The number of piperidine rings is 1. The Hall–Kier alpha value is -1.80. The van der Waals surface area contributed by atoms with E-state index in [1.54, 1.807) is 17.4 Å². The zero-order chi connectivity index (χ0) is 16.4. The van der Waals surface area contributed by atoms with Gasteiger partial charge in [-0.1, -0.05) is 11.8 Å². The Morgan fingerprint density at radius 1 is 1.30 bits per heavy atom. The number of carbonyl (C=O) groups excluding carboxylic acids is 1. The van der Waals surface area contributed by atoms with E-state index >= 15 is 0 Å². The summed E-state index contributed by atoms with van der Waals surface area (Å²) in [4.78, 5) is 24.0. The molecule has 0 aliphatic carbocycles. The number of nitrogens with zero attached hydrogens (tertiary/aromatic N) is 2. The number of benzene rings is 1. The minimum absolute atomic E-state index is 0.0478. The number of anilines is 1. The lowest BCUT2D eigenvalue weighted by Crippen LogP contribution is -2.90. The molecule has 2 fully saturated rings. The standard InChI is InChI=1S/C15H19N3O4S/c19-15(20)12-9-23-14(16-12)11-8-10(18(21)22)4-5-13(11)17-6-2-1-3-7-17/h4-5,8,12,14,16H,1-3,6-7,9H2,(H,19,20)/t12-,14+/m0/s1. The van der Waals surface area contributed by atoms with E-state index in [1.165, 1.54) is 24.2 Å². The Morgan fingerprint density at radius 3 is 2.65 bits per heavy atom. The molecule has 2 aliphatic heterocycles. The fourth-order valence-electron chi connectivity index (χ4n) is 3.18. The van der Waals surface area contributed by atoms with Crippen LogP contribution in [-0.2, 0) is 4.79 Å². The highest BCUT2D eigenvalue weighted by Gasteiger charge is 2.34. The van der Waals surface area contributed by atoms with Gasteiger partial charge in [-0.3, -0.25) is 10.1 Å². The third-order valence-corrected chi connectivity index (χ3v) is 5.71. The Balaban J connectivity index is 1.93. The number of rotatable bonds is 4. The molecular weight excluding hydrogens is 318 g/mol. The molecule has 0 radical (unpaired) electrons. The molecule has 0 saturated carbocycles. The third-order valence-electron chi connectivity index (χ3n) is 4.39. The maximum Gasteiger partial charge on any atom is 0.270 e. The lowest BCUT2D eigenvalue weighted by molar-refractivity contribution is -0.690. The molecule has 2 saturated heterocycles. The molecule has 23 heavy (non-hydrogen) atoms. The first-order valence-electron chi connectivity index (χ1n) is 7.77. The van der Waals surface area contributed by atoms with Crippen LogP contribution >= 0.6 is 11.8 Å². The van der Waals surface area contributed by atoms with Crippen molar-refractivity contribution >= 4 is 29.1 Å². The van der Waals surface area contributed by atoms with E-state index in [9.17, 15) is 20.0 Å². The molecule has 0 spiro atoms. The molecule has 8 heteroatoms. The van der Waals surface area contributed by atoms with Crippen molar-refractivity contribution in [1.82, 2.24) is 0 Å². The minimum atomic E-state index is -1.08. The van der Waals surface area contributed by atoms with Crippen molar-refractivity contribution in [3.63, 3.8) is 0 Å². The summed E-state index contributed by atoms with van der Waals surface area (Å²) in [6.45, 7) is 1.87. The monoisotopic (exact) mass is 337 g/mol. The summed E-state index contributed by atoms with van der Waals surface area (Å²) in [5.74, 6) is -0.625. The fourth-order valence-corrected chi connectivity index (χ4v) is 4.51. The number of thioether (sulfide) groups is 1. The first-order valence-corrected chi connectivity index (χ1v) is 8.82. The van der Waals surface area contributed by atoms with Gasteiger partial charge in [-0.15, -0.1) is 0 Å². The van der Waals surface area contributed by atoms with E-state index in [2.05, 4.69) is 4.90 Å². The number of carbonyl (C=O) groups is 1. The van der Waals surface area contributed by atoms with Gasteiger partial charge in [-0.2, -0.15) is 0 Å². The van der Waals surface area contributed by atoms with Crippen LogP contribution in [0.2, 0.25) is 0 Å². The molecule has 1 aromatic carbocycles. The van der Waals surface area contributed by atoms with Gasteiger partial charge >= 0.3 is 0 Å². The van der Waals surface area contributed by atoms with Crippen molar-refractivity contribution in [2.75, 3.05) is 23.7 Å². The predicted molar refractivity (Wildman–Crippen MR) is 85.1 cm³/mol. The van der Waals surface area contributed by atoms with E-state index in [-0.39, 0.29) is 11.1 Å². The van der Waals surface area contributed by atoms with Gasteiger partial charge < -0.3 is 20.1 Å². The van der Waals surface area contributed by atoms with Crippen LogP contribution in [0, 0.1) is 10.1 Å². The van der Waals surface area contributed by atoms with Gasteiger partial charge in [-0.05, 0) is 25.3 Å². The van der Waals surface area contributed by atoms with Crippen molar-refractivity contribution in [2.24, 2.45) is 0 Å². The highest BCUT2D eigenvalue weighted by molar-refractivity contribution is 7.99. The molecule has 0 amide bonds. The van der Waals surface area contributed by atoms with Crippen molar-refractivity contribution in [3.05, 3.63) is 33.9 Å². The normalized spacial score (nSPS) is 24.6. The molecule has 0 unspecified atom stereocenters. The minimum Gasteiger partial charge on any atom is -0.544 e. The van der Waals surface area contributed by atoms with Gasteiger partial charge in [0.05, 0.1) is 16.2 Å². The van der Waals surface area contributed by atoms with Crippen LogP contribution in [0.3, 0.4) is 0 Å². The van der Waals surface area contributed by atoms with Gasteiger partial charge in [0.15, 0.2) is 5.37 Å². The Kier molecular flexibility index (Phi) is 4.72. The smallest absolute Gasteiger partial charge is 0.270 e. The SMILES string of the molecule is O=C([O-])[C@@H]1CS[C@H](c2cc([N+](=O)[O-])ccc2N2CCCCC2)[NH2+]1. The van der Waals surface area contributed by atoms with Crippen LogP contribution in [0.1, 0.15) is 30.2 Å². The van der Waals surface area contributed by atoms with E-state index in [1.807, 2.05) is 0 Å². The molecule has 7 nitrogen and oxygen atoms in total. The van der Waals surface area contributed by atoms with Gasteiger partial charge in [-0.25, -0.2) is 0 Å². The number of hydrogen-bond acceptors (Lipinski definition) is 6. The number of carboxylic acid groups (broad SMARTS) is 1. The van der Waals surface area contributed by atoms with Gasteiger partial charge in [0.25, 0.3) is 5.69 Å². The molecule has 0 bridgehead atoms. The number of aliphatic carboxylic acids is 1. The molecule has 0 aromatic heterocycles. The van der Waals surface area contributed by atoms with Crippen molar-refractivity contribution in [3.8, 4) is 0 Å². The molecule has 3 rings (SSSR count). The summed E-state index contributed by atoms with van der Waals surface area (Å²) in [5.41, 5.74) is 1.88. The molecular formula is C15H19N3O4S. The third kappa shape index (κ3) is 3.42. The highest BCUT2D eigenvalue weighted by atomic mass is 32.2. The fraction of sp³-hybridized carbons (Fsp3) is 0.533. The number of hydrogen-bond donors (Lipinski definition) is 1. The lowest BCUT2D eigenvalue weighted by atomic mass is 10.1. The molecule has 124 valence electrons. The second-order valence-corrected chi connectivity index (χ2v) is 7.09. The largest absolute Gasteiger partial charge is 0.544 e. The molecule has 2 heterocycles. The second kappa shape index (κ2) is 6.76. The highest BCUT2D eigenvalue weighted by Crippen LogP contribution is 2.37. The summed E-state index contributed by atoms with van der Waals surface area (Å²) in [7, 11) is 0. The van der Waals surface area contributed by atoms with Gasteiger partial charge in [0.1, 0.15) is 12.0 Å². The van der Waals surface area contributed by atoms with E-state index < -0.39 is 16.9 Å². The number of nitrogens with two attached hydrogens (primary N) is 1. The predicted octanol–water partition coefficient (Wildman–Crippen LogP) is 0.0124. The molecule has 2 aliphatic rings. The van der Waals surface area contributed by atoms with Crippen LogP contribution in [0.5, 0.6) is 0 Å². The summed E-state index contributed by atoms with van der Waals surface area (Å²) < 4.78 is 0. The van der Waals surface area contributed by atoms with Crippen molar-refractivity contribution < 1.29 is 20.1 Å². The van der Waals surface area contributed by atoms with E-state index in [4.69, 9.17) is 0 Å². The Labute approximate surface area is 138 Å². The number of nitro groups is 1. The summed E-state index contributed by atoms with van der Waals surface area (Å²) in [5, 5.41) is 23.8. The van der Waals surface area contributed by atoms with Crippen LogP contribution < -0.4 is 15.3 Å². The number of carboxylic acids is 1. The average molecular weight is 337 g/mol. The van der Waals surface area contributed by atoms with E-state index in [0.29, 0.717) is 5.75 Å². The zero-order valence-corrected chi connectivity index (χ0v) is 13.5. The maximum atomic E-state index is 11.1. The van der Waals surface area contributed by atoms with Crippen LogP contribution in [0.4, 0.5) is 11.4 Å². The van der Waals surface area contributed by atoms with Crippen molar-refractivity contribution in [2.45, 2.75) is 30.7 Å². The number of quaternary nitrogens is 1.